The number of benzene rings is 2. The number of hydrogen-bond acceptors (Lipinski definition) is 4. The lowest BCUT2D eigenvalue weighted by atomic mass is 10.0. The maximum Gasteiger partial charge on any atom is 0.145 e. The lowest BCUT2D eigenvalue weighted by Crippen LogP contribution is -1.99. The molecule has 120 valence electrons. The highest BCUT2D eigenvalue weighted by atomic mass is 14.8. The molecular weight excluding hydrogens is 308 g/mol. The van der Waals surface area contributed by atoms with E-state index in [2.05, 4.69) is 23.5 Å². The second kappa shape index (κ2) is 7.77. The molecule has 0 aliphatic heterocycles. The van der Waals surface area contributed by atoms with E-state index in [0.717, 1.165) is 40.7 Å². The smallest absolute Gasteiger partial charge is 0.145 e. The van der Waals surface area contributed by atoms with Gasteiger partial charge in [0.05, 0.1) is 5.52 Å². The molecule has 1 aromatic heterocycles. The summed E-state index contributed by atoms with van der Waals surface area (Å²) in [5.41, 5.74) is 4.10. The first-order chi connectivity index (χ1) is 12.3. The fraction of sp³-hybridized carbons (Fsp3) is 0.0952. The van der Waals surface area contributed by atoms with Gasteiger partial charge in [0.1, 0.15) is 17.7 Å². The highest BCUT2D eigenvalue weighted by Crippen LogP contribution is 2.19. The van der Waals surface area contributed by atoms with Gasteiger partial charge in [-0.15, -0.1) is 0 Å². The van der Waals surface area contributed by atoms with Gasteiger partial charge in [-0.05, 0) is 36.6 Å². The molecular formula is C21H16N4. The Kier molecular flexibility index (Phi) is 5.04. The van der Waals surface area contributed by atoms with E-state index in [0.29, 0.717) is 0 Å². The quantitative estimate of drug-likeness (QED) is 0.708. The van der Waals surface area contributed by atoms with Gasteiger partial charge >= 0.3 is 0 Å². The number of fused-ring (bicyclic) bond motifs is 1. The van der Waals surface area contributed by atoms with Crippen molar-refractivity contribution in [2.24, 2.45) is 0 Å². The fourth-order valence-corrected chi connectivity index (χ4v) is 2.63. The Bertz CT molecular complexity index is 990. The van der Waals surface area contributed by atoms with E-state index < -0.39 is 0 Å². The first kappa shape index (κ1) is 16.2. The summed E-state index contributed by atoms with van der Waals surface area (Å²) >= 11 is 0. The molecule has 1 N–H and O–H groups in total. The Balaban J connectivity index is 1.75. The second-order valence-corrected chi connectivity index (χ2v) is 5.58. The molecule has 4 heteroatoms. The van der Waals surface area contributed by atoms with Crippen LogP contribution in [0.1, 0.15) is 11.3 Å². The number of aryl methyl sites for hydroxylation is 2. The first-order valence-electron chi connectivity index (χ1n) is 7.99. The van der Waals surface area contributed by atoms with Crippen LogP contribution in [0.4, 0.5) is 5.69 Å². The highest BCUT2D eigenvalue weighted by Gasteiger charge is 2.04. The maximum absolute atomic E-state index is 8.82. The van der Waals surface area contributed by atoms with Gasteiger partial charge in [-0.1, -0.05) is 42.5 Å². The Morgan fingerprint density at radius 2 is 1.68 bits per heavy atom. The summed E-state index contributed by atoms with van der Waals surface area (Å²) in [5.74, 6) is 0. The minimum Gasteiger partial charge on any atom is -0.360 e. The van der Waals surface area contributed by atoms with Crippen LogP contribution in [0.3, 0.4) is 0 Å². The van der Waals surface area contributed by atoms with Gasteiger partial charge in [0.2, 0.25) is 0 Å². The summed E-state index contributed by atoms with van der Waals surface area (Å²) in [7, 11) is 0. The van der Waals surface area contributed by atoms with Gasteiger partial charge in [0.15, 0.2) is 0 Å². The number of hydrogen-bond donors (Lipinski definition) is 1. The van der Waals surface area contributed by atoms with E-state index in [-0.39, 0.29) is 5.57 Å². The molecule has 25 heavy (non-hydrogen) atoms. The van der Waals surface area contributed by atoms with Gasteiger partial charge < -0.3 is 5.32 Å². The average molecular weight is 324 g/mol. The van der Waals surface area contributed by atoms with Gasteiger partial charge in [-0.2, -0.15) is 10.5 Å². The highest BCUT2D eigenvalue weighted by molar-refractivity contribution is 5.78. The summed E-state index contributed by atoms with van der Waals surface area (Å²) < 4.78 is 0. The number of para-hydroxylation sites is 2. The van der Waals surface area contributed by atoms with E-state index in [1.165, 1.54) is 6.20 Å². The van der Waals surface area contributed by atoms with Crippen LogP contribution in [0.25, 0.3) is 10.9 Å². The minimum atomic E-state index is 0.0472. The largest absolute Gasteiger partial charge is 0.360 e. The molecule has 3 aromatic rings. The number of nitrogens with one attached hydrogen (secondary N) is 1. The van der Waals surface area contributed by atoms with E-state index in [1.807, 2.05) is 54.6 Å². The van der Waals surface area contributed by atoms with Gasteiger partial charge in [-0.3, -0.25) is 4.98 Å². The number of pyridine rings is 1. The zero-order valence-corrected chi connectivity index (χ0v) is 13.6. The predicted molar refractivity (Wildman–Crippen MR) is 98.5 cm³/mol. The third-order valence-electron chi connectivity index (χ3n) is 3.94. The molecule has 0 fully saturated rings. The molecule has 0 aliphatic rings. The van der Waals surface area contributed by atoms with Gasteiger partial charge in [0.25, 0.3) is 0 Å². The number of anilines is 1. The number of nitriles is 2. The summed E-state index contributed by atoms with van der Waals surface area (Å²) in [5, 5.41) is 21.8. The van der Waals surface area contributed by atoms with Crippen LogP contribution in [0.15, 0.2) is 72.4 Å². The van der Waals surface area contributed by atoms with E-state index in [4.69, 9.17) is 15.5 Å². The molecule has 0 aliphatic carbocycles. The predicted octanol–water partition coefficient (Wildman–Crippen LogP) is 4.36. The van der Waals surface area contributed by atoms with Crippen molar-refractivity contribution in [1.82, 2.24) is 4.98 Å². The molecule has 0 amide bonds. The van der Waals surface area contributed by atoms with Crippen LogP contribution < -0.4 is 5.32 Å². The molecule has 0 saturated carbocycles. The minimum absolute atomic E-state index is 0.0472. The van der Waals surface area contributed by atoms with Crippen molar-refractivity contribution < 1.29 is 0 Å². The summed E-state index contributed by atoms with van der Waals surface area (Å²) in [4.78, 5) is 4.70. The fourth-order valence-electron chi connectivity index (χ4n) is 2.63. The van der Waals surface area contributed by atoms with Crippen LogP contribution >= 0.6 is 0 Å². The third-order valence-corrected chi connectivity index (χ3v) is 3.94. The molecule has 4 nitrogen and oxygen atoms in total. The van der Waals surface area contributed by atoms with Crippen molar-refractivity contribution in [1.29, 1.82) is 10.5 Å². The Labute approximate surface area is 146 Å². The Morgan fingerprint density at radius 3 is 2.52 bits per heavy atom. The van der Waals surface area contributed by atoms with Crippen LogP contribution in [0, 0.1) is 22.7 Å². The standard InChI is InChI=1S/C21H16N4/c22-13-16(14-23)15-24-20-7-3-1-5-17(20)9-11-19-12-10-18-6-2-4-8-21(18)25-19/h1-8,10,12,15,24H,9,11H2. The summed E-state index contributed by atoms with van der Waals surface area (Å²) in [6.45, 7) is 0. The first-order valence-corrected chi connectivity index (χ1v) is 7.99. The van der Waals surface area contributed by atoms with Crippen LogP contribution in [-0.2, 0) is 12.8 Å². The molecule has 1 heterocycles. The van der Waals surface area contributed by atoms with E-state index >= 15 is 0 Å². The summed E-state index contributed by atoms with van der Waals surface area (Å²) in [6, 6.07) is 23.8. The monoisotopic (exact) mass is 324 g/mol. The number of allylic oxidation sites excluding steroid dienone is 1. The maximum atomic E-state index is 8.82. The third kappa shape index (κ3) is 4.02. The van der Waals surface area contributed by atoms with E-state index in [1.54, 1.807) is 0 Å². The van der Waals surface area contributed by atoms with Crippen molar-refractivity contribution in [2.75, 3.05) is 5.32 Å². The van der Waals surface area contributed by atoms with Crippen molar-refractivity contribution in [3.05, 3.63) is 83.7 Å². The average Bonchev–Trinajstić information content (AvgIpc) is 2.67. The second-order valence-electron chi connectivity index (χ2n) is 5.58. The number of aromatic nitrogens is 1. The number of rotatable bonds is 5. The van der Waals surface area contributed by atoms with Crippen molar-refractivity contribution in [3.8, 4) is 12.1 Å². The summed E-state index contributed by atoms with van der Waals surface area (Å²) in [6.07, 6.45) is 3.07. The molecule has 0 saturated heterocycles. The van der Waals surface area contributed by atoms with Crippen LogP contribution in [-0.4, -0.2) is 4.98 Å². The molecule has 0 spiro atoms. The topological polar surface area (TPSA) is 72.5 Å². The molecule has 0 radical (unpaired) electrons. The Morgan fingerprint density at radius 1 is 0.920 bits per heavy atom. The zero-order valence-electron chi connectivity index (χ0n) is 13.6. The molecule has 0 bridgehead atoms. The van der Waals surface area contributed by atoms with Crippen molar-refractivity contribution >= 4 is 16.6 Å². The zero-order chi connectivity index (χ0) is 17.5. The van der Waals surface area contributed by atoms with E-state index in [9.17, 15) is 0 Å². The van der Waals surface area contributed by atoms with Gasteiger partial charge in [0, 0.05) is 23.0 Å². The van der Waals surface area contributed by atoms with Gasteiger partial charge in [-0.25, -0.2) is 0 Å². The molecule has 2 aromatic carbocycles. The Hall–Kier alpha value is -3.63. The lowest BCUT2D eigenvalue weighted by molar-refractivity contribution is 0.924. The van der Waals surface area contributed by atoms with Crippen LogP contribution in [0.2, 0.25) is 0 Å². The number of nitrogens with zero attached hydrogens (tertiary/aromatic N) is 3. The normalized spacial score (nSPS) is 9.84. The van der Waals surface area contributed by atoms with Crippen molar-refractivity contribution in [2.45, 2.75) is 12.8 Å². The molecule has 0 unspecified atom stereocenters. The lowest BCUT2D eigenvalue weighted by Gasteiger charge is -2.09. The SMILES string of the molecule is N#CC(C#N)=CNc1ccccc1CCc1ccc2ccccc2n1. The van der Waals surface area contributed by atoms with Crippen molar-refractivity contribution in [3.63, 3.8) is 0 Å². The molecule has 0 atom stereocenters. The van der Waals surface area contributed by atoms with Crippen LogP contribution in [0.5, 0.6) is 0 Å². The molecule has 3 rings (SSSR count).